The molecule has 0 aliphatic heterocycles. The summed E-state index contributed by atoms with van der Waals surface area (Å²) in [6, 6.07) is 4.59. The Morgan fingerprint density at radius 1 is 1.29 bits per heavy atom. The number of carbonyl (C=O) groups excluding carboxylic acids is 1. The van der Waals surface area contributed by atoms with Crippen molar-refractivity contribution in [1.82, 2.24) is 5.32 Å². The zero-order valence-electron chi connectivity index (χ0n) is 10.7. The van der Waals surface area contributed by atoms with Crippen LogP contribution in [0.25, 0.3) is 0 Å². The maximum Gasteiger partial charge on any atom is 0.416 e. The maximum absolute atomic E-state index is 12.7. The summed E-state index contributed by atoms with van der Waals surface area (Å²) in [6.45, 7) is 0.239. The maximum atomic E-state index is 12.7. The van der Waals surface area contributed by atoms with E-state index in [2.05, 4.69) is 10.7 Å². The highest BCUT2D eigenvalue weighted by atomic mass is 32.1. The van der Waals surface area contributed by atoms with Crippen molar-refractivity contribution in [2.45, 2.75) is 12.7 Å². The SMILES string of the molecule is NNc1ccc(C(F)(F)F)cc1C(=O)NCc1ccsc1. The number of nitrogens with two attached hydrogens (primary N) is 1. The predicted molar refractivity (Wildman–Crippen MR) is 74.7 cm³/mol. The summed E-state index contributed by atoms with van der Waals surface area (Å²) < 4.78 is 38.1. The summed E-state index contributed by atoms with van der Waals surface area (Å²) >= 11 is 1.47. The van der Waals surface area contributed by atoms with Gasteiger partial charge < -0.3 is 10.7 Å². The second-order valence-electron chi connectivity index (χ2n) is 4.22. The fourth-order valence-electron chi connectivity index (χ4n) is 1.71. The van der Waals surface area contributed by atoms with Gasteiger partial charge in [0.15, 0.2) is 0 Å². The molecule has 1 aromatic carbocycles. The number of hydrogen-bond donors (Lipinski definition) is 3. The third kappa shape index (κ3) is 3.73. The van der Waals surface area contributed by atoms with Crippen molar-refractivity contribution in [3.05, 3.63) is 51.7 Å². The standard InChI is InChI=1S/C13H12F3N3OS/c14-13(15,16)9-1-2-11(19-17)10(5-9)12(20)18-6-8-3-4-21-7-8/h1-5,7,19H,6,17H2,(H,18,20). The van der Waals surface area contributed by atoms with Gasteiger partial charge in [0.2, 0.25) is 0 Å². The fourth-order valence-corrected chi connectivity index (χ4v) is 2.37. The van der Waals surface area contributed by atoms with E-state index in [1.165, 1.54) is 11.3 Å². The lowest BCUT2D eigenvalue weighted by Gasteiger charge is -2.13. The number of benzene rings is 1. The fraction of sp³-hybridized carbons (Fsp3) is 0.154. The largest absolute Gasteiger partial charge is 0.416 e. The second-order valence-corrected chi connectivity index (χ2v) is 5.00. The van der Waals surface area contributed by atoms with E-state index >= 15 is 0 Å². The molecular weight excluding hydrogens is 303 g/mol. The topological polar surface area (TPSA) is 67.1 Å². The zero-order valence-corrected chi connectivity index (χ0v) is 11.5. The van der Waals surface area contributed by atoms with Crippen molar-refractivity contribution >= 4 is 22.9 Å². The summed E-state index contributed by atoms with van der Waals surface area (Å²) in [5.41, 5.74) is 2.18. The molecule has 4 N–H and O–H groups in total. The number of amides is 1. The van der Waals surface area contributed by atoms with Gasteiger partial charge in [-0.1, -0.05) is 0 Å². The van der Waals surface area contributed by atoms with Gasteiger partial charge in [0, 0.05) is 6.54 Å². The quantitative estimate of drug-likeness (QED) is 0.600. The van der Waals surface area contributed by atoms with E-state index in [1.807, 2.05) is 16.8 Å². The van der Waals surface area contributed by atoms with Gasteiger partial charge in [-0.15, -0.1) is 0 Å². The summed E-state index contributed by atoms with van der Waals surface area (Å²) in [4.78, 5) is 12.0. The van der Waals surface area contributed by atoms with Gasteiger partial charge in [-0.2, -0.15) is 24.5 Å². The molecular formula is C13H12F3N3OS. The van der Waals surface area contributed by atoms with Crippen molar-refractivity contribution in [3.8, 4) is 0 Å². The third-order valence-electron chi connectivity index (χ3n) is 2.78. The predicted octanol–water partition coefficient (Wildman–Crippen LogP) is 2.98. The molecule has 0 saturated carbocycles. The first-order valence-electron chi connectivity index (χ1n) is 5.89. The molecule has 2 rings (SSSR count). The molecule has 0 fully saturated rings. The molecule has 4 nitrogen and oxygen atoms in total. The molecule has 112 valence electrons. The second kappa shape index (κ2) is 6.15. The van der Waals surface area contributed by atoms with E-state index in [1.54, 1.807) is 0 Å². The minimum atomic E-state index is -4.52. The molecule has 0 radical (unpaired) electrons. The lowest BCUT2D eigenvalue weighted by Crippen LogP contribution is -2.25. The monoisotopic (exact) mass is 315 g/mol. The van der Waals surface area contributed by atoms with Crippen LogP contribution in [0.1, 0.15) is 21.5 Å². The first-order valence-corrected chi connectivity index (χ1v) is 6.83. The van der Waals surface area contributed by atoms with Crippen LogP contribution in [-0.4, -0.2) is 5.91 Å². The van der Waals surface area contributed by atoms with Crippen LogP contribution in [0.2, 0.25) is 0 Å². The minimum absolute atomic E-state index is 0.130. The van der Waals surface area contributed by atoms with Crippen LogP contribution in [0.4, 0.5) is 18.9 Å². The normalized spacial score (nSPS) is 11.2. The van der Waals surface area contributed by atoms with Gasteiger partial charge in [0.05, 0.1) is 16.8 Å². The van der Waals surface area contributed by atoms with Crippen LogP contribution < -0.4 is 16.6 Å². The molecule has 1 aromatic heterocycles. The Kier molecular flexibility index (Phi) is 4.49. The molecule has 0 spiro atoms. The van der Waals surface area contributed by atoms with Crippen LogP contribution in [0.3, 0.4) is 0 Å². The van der Waals surface area contributed by atoms with Crippen molar-refractivity contribution in [2.75, 3.05) is 5.43 Å². The lowest BCUT2D eigenvalue weighted by atomic mass is 10.1. The Morgan fingerprint density at radius 3 is 2.62 bits per heavy atom. The van der Waals surface area contributed by atoms with Gasteiger partial charge in [0.25, 0.3) is 5.91 Å². The summed E-state index contributed by atoms with van der Waals surface area (Å²) in [7, 11) is 0. The molecule has 0 saturated heterocycles. The number of rotatable bonds is 4. The number of thiophene rings is 1. The summed E-state index contributed by atoms with van der Waals surface area (Å²) in [6.07, 6.45) is -4.52. The Hall–Kier alpha value is -2.06. The van der Waals surface area contributed by atoms with Gasteiger partial charge in [0.1, 0.15) is 0 Å². The van der Waals surface area contributed by atoms with Crippen LogP contribution >= 0.6 is 11.3 Å². The van der Waals surface area contributed by atoms with Crippen molar-refractivity contribution < 1.29 is 18.0 Å². The number of hydrazine groups is 1. The molecule has 0 unspecified atom stereocenters. The number of nitrogens with one attached hydrogen (secondary N) is 2. The average molecular weight is 315 g/mol. The summed E-state index contributed by atoms with van der Waals surface area (Å²) in [5.74, 6) is 4.60. The number of alkyl halides is 3. The number of carbonyl (C=O) groups is 1. The molecule has 0 aliphatic carbocycles. The Labute approximate surface area is 122 Å². The smallest absolute Gasteiger partial charge is 0.348 e. The van der Waals surface area contributed by atoms with Gasteiger partial charge in [-0.05, 0) is 40.6 Å². The number of anilines is 1. The van der Waals surface area contributed by atoms with Crippen molar-refractivity contribution in [3.63, 3.8) is 0 Å². The molecule has 0 bridgehead atoms. The van der Waals surface area contributed by atoms with E-state index in [-0.39, 0.29) is 17.8 Å². The lowest BCUT2D eigenvalue weighted by molar-refractivity contribution is -0.137. The van der Waals surface area contributed by atoms with E-state index in [0.29, 0.717) is 0 Å². The number of nitrogen functional groups attached to an aromatic ring is 1. The van der Waals surface area contributed by atoms with Gasteiger partial charge in [-0.25, -0.2) is 0 Å². The van der Waals surface area contributed by atoms with E-state index in [4.69, 9.17) is 5.84 Å². The van der Waals surface area contributed by atoms with Crippen LogP contribution in [-0.2, 0) is 12.7 Å². The molecule has 0 atom stereocenters. The molecule has 1 amide bonds. The van der Waals surface area contributed by atoms with Crippen molar-refractivity contribution in [2.24, 2.45) is 5.84 Å². The zero-order chi connectivity index (χ0) is 15.5. The van der Waals surface area contributed by atoms with Crippen LogP contribution in [0.15, 0.2) is 35.0 Å². The van der Waals surface area contributed by atoms with Gasteiger partial charge >= 0.3 is 6.18 Å². The Bertz CT molecular complexity index is 626. The van der Waals surface area contributed by atoms with E-state index < -0.39 is 17.6 Å². The van der Waals surface area contributed by atoms with Crippen molar-refractivity contribution in [1.29, 1.82) is 0 Å². The summed E-state index contributed by atoms with van der Waals surface area (Å²) in [5, 5.41) is 6.25. The number of hydrogen-bond acceptors (Lipinski definition) is 4. The Morgan fingerprint density at radius 2 is 2.05 bits per heavy atom. The minimum Gasteiger partial charge on any atom is -0.348 e. The van der Waals surface area contributed by atoms with E-state index in [0.717, 1.165) is 23.8 Å². The van der Waals surface area contributed by atoms with Crippen LogP contribution in [0, 0.1) is 0 Å². The highest BCUT2D eigenvalue weighted by molar-refractivity contribution is 7.07. The van der Waals surface area contributed by atoms with E-state index in [9.17, 15) is 18.0 Å². The Balaban J connectivity index is 2.21. The molecule has 21 heavy (non-hydrogen) atoms. The first-order chi connectivity index (χ1) is 9.91. The van der Waals surface area contributed by atoms with Gasteiger partial charge in [-0.3, -0.25) is 10.6 Å². The highest BCUT2D eigenvalue weighted by Crippen LogP contribution is 2.31. The number of halogens is 3. The molecule has 8 heteroatoms. The molecule has 1 heterocycles. The molecule has 0 aliphatic rings. The average Bonchev–Trinajstić information content (AvgIpc) is 2.96. The first kappa shape index (κ1) is 15.3. The van der Waals surface area contributed by atoms with Crippen LogP contribution in [0.5, 0.6) is 0 Å². The third-order valence-corrected chi connectivity index (χ3v) is 3.51. The molecule has 2 aromatic rings. The highest BCUT2D eigenvalue weighted by Gasteiger charge is 2.31.